The number of aromatic nitrogens is 2. The van der Waals surface area contributed by atoms with Crippen molar-refractivity contribution in [2.24, 2.45) is 0 Å². The summed E-state index contributed by atoms with van der Waals surface area (Å²) in [7, 11) is 0. The smallest absolute Gasteiger partial charge is 0.341 e. The molecule has 0 saturated heterocycles. The molecular formula is C13H14N2O4. The van der Waals surface area contributed by atoms with Gasteiger partial charge in [-0.15, -0.1) is 0 Å². The number of carbonyl (C=O) groups is 1. The van der Waals surface area contributed by atoms with E-state index >= 15 is 0 Å². The second-order valence-electron chi connectivity index (χ2n) is 4.01. The molecule has 1 N–H and O–H groups in total. The number of ether oxygens (including phenoxy) is 1. The van der Waals surface area contributed by atoms with Gasteiger partial charge in [0, 0.05) is 5.56 Å². The minimum atomic E-state index is -1.00. The van der Waals surface area contributed by atoms with E-state index in [0.29, 0.717) is 17.5 Å². The second-order valence-corrected chi connectivity index (χ2v) is 4.01. The Morgan fingerprint density at radius 2 is 2.26 bits per heavy atom. The maximum atomic E-state index is 10.5. The second kappa shape index (κ2) is 5.51. The van der Waals surface area contributed by atoms with Gasteiger partial charge >= 0.3 is 5.97 Å². The molecule has 0 spiro atoms. The molecule has 1 aromatic heterocycles. The number of hydrogen-bond acceptors (Lipinski definition) is 5. The van der Waals surface area contributed by atoms with Crippen molar-refractivity contribution >= 4 is 5.97 Å². The first-order valence-corrected chi connectivity index (χ1v) is 5.88. The van der Waals surface area contributed by atoms with E-state index in [-0.39, 0.29) is 6.61 Å². The number of rotatable bonds is 5. The molecule has 0 fully saturated rings. The number of aliphatic carboxylic acids is 1. The molecule has 2 aromatic rings. The fraction of sp³-hybridized carbons (Fsp3) is 0.308. The lowest BCUT2D eigenvalue weighted by Gasteiger charge is -2.09. The summed E-state index contributed by atoms with van der Waals surface area (Å²) in [6, 6.07) is 5.35. The van der Waals surface area contributed by atoms with Gasteiger partial charge in [0.15, 0.2) is 12.4 Å². The molecule has 1 heterocycles. The van der Waals surface area contributed by atoms with Gasteiger partial charge in [-0.3, -0.25) is 0 Å². The minimum absolute atomic E-state index is 0.355. The lowest BCUT2D eigenvalue weighted by atomic mass is 10.1. The van der Waals surface area contributed by atoms with E-state index in [1.807, 2.05) is 13.0 Å². The predicted molar refractivity (Wildman–Crippen MR) is 67.0 cm³/mol. The largest absolute Gasteiger partial charge is 0.482 e. The SMILES string of the molecule is CCc1cc(-c2nc(C)no2)ccc1OCC(=O)O. The average molecular weight is 262 g/mol. The van der Waals surface area contributed by atoms with Crippen LogP contribution in [-0.4, -0.2) is 27.8 Å². The van der Waals surface area contributed by atoms with Crippen molar-refractivity contribution in [1.29, 1.82) is 0 Å². The summed E-state index contributed by atoms with van der Waals surface area (Å²) in [4.78, 5) is 14.7. The highest BCUT2D eigenvalue weighted by Gasteiger charge is 2.10. The Morgan fingerprint density at radius 1 is 1.47 bits per heavy atom. The van der Waals surface area contributed by atoms with Crippen LogP contribution >= 0.6 is 0 Å². The third-order valence-corrected chi connectivity index (χ3v) is 2.57. The summed E-state index contributed by atoms with van der Waals surface area (Å²) in [5.74, 6) is 0.569. The van der Waals surface area contributed by atoms with Gasteiger partial charge in [-0.2, -0.15) is 4.98 Å². The molecule has 0 bridgehead atoms. The van der Waals surface area contributed by atoms with Gasteiger partial charge in [0.1, 0.15) is 5.75 Å². The zero-order valence-electron chi connectivity index (χ0n) is 10.7. The summed E-state index contributed by atoms with van der Waals surface area (Å²) >= 11 is 0. The van der Waals surface area contributed by atoms with Crippen LogP contribution in [0.5, 0.6) is 5.75 Å². The van der Waals surface area contributed by atoms with Crippen molar-refractivity contribution in [3.8, 4) is 17.2 Å². The van der Waals surface area contributed by atoms with Crippen LogP contribution in [0.25, 0.3) is 11.5 Å². The number of carboxylic acids is 1. The van der Waals surface area contributed by atoms with Gasteiger partial charge in [0.25, 0.3) is 5.89 Å². The molecule has 19 heavy (non-hydrogen) atoms. The lowest BCUT2D eigenvalue weighted by molar-refractivity contribution is -0.139. The summed E-state index contributed by atoms with van der Waals surface area (Å²) in [6.07, 6.45) is 0.718. The Hall–Kier alpha value is -2.37. The first-order valence-electron chi connectivity index (χ1n) is 5.88. The van der Waals surface area contributed by atoms with E-state index in [1.54, 1.807) is 19.1 Å². The van der Waals surface area contributed by atoms with Gasteiger partial charge < -0.3 is 14.4 Å². The van der Waals surface area contributed by atoms with Crippen LogP contribution in [0.15, 0.2) is 22.7 Å². The molecule has 0 saturated carbocycles. The van der Waals surface area contributed by atoms with Crippen molar-refractivity contribution in [3.05, 3.63) is 29.6 Å². The highest BCUT2D eigenvalue weighted by Crippen LogP contribution is 2.26. The molecule has 0 aliphatic heterocycles. The molecule has 1 aromatic carbocycles. The molecule has 100 valence electrons. The molecule has 0 amide bonds. The topological polar surface area (TPSA) is 85.5 Å². The predicted octanol–water partition coefficient (Wildman–Crippen LogP) is 2.07. The lowest BCUT2D eigenvalue weighted by Crippen LogP contribution is -2.10. The Balaban J connectivity index is 2.27. The Morgan fingerprint density at radius 3 is 2.84 bits per heavy atom. The molecule has 0 unspecified atom stereocenters. The quantitative estimate of drug-likeness (QED) is 0.887. The fourth-order valence-electron chi connectivity index (χ4n) is 1.68. The Labute approximate surface area is 110 Å². The molecule has 6 nitrogen and oxygen atoms in total. The van der Waals surface area contributed by atoms with Crippen molar-refractivity contribution in [3.63, 3.8) is 0 Å². The van der Waals surface area contributed by atoms with Gasteiger partial charge in [0.2, 0.25) is 0 Å². The highest BCUT2D eigenvalue weighted by atomic mass is 16.5. The van der Waals surface area contributed by atoms with Crippen LogP contribution in [0.4, 0.5) is 0 Å². The number of carboxylic acid groups (broad SMARTS) is 1. The van der Waals surface area contributed by atoms with Crippen molar-refractivity contribution in [2.75, 3.05) is 6.61 Å². The summed E-state index contributed by atoms with van der Waals surface area (Å²) in [5.41, 5.74) is 1.69. The van der Waals surface area contributed by atoms with Gasteiger partial charge in [-0.1, -0.05) is 12.1 Å². The zero-order valence-corrected chi connectivity index (χ0v) is 10.7. The van der Waals surface area contributed by atoms with Crippen LogP contribution in [0.3, 0.4) is 0 Å². The van der Waals surface area contributed by atoms with Crippen molar-refractivity contribution in [2.45, 2.75) is 20.3 Å². The first kappa shape index (κ1) is 13.1. The standard InChI is InChI=1S/C13H14N2O4/c1-3-9-6-10(13-14-8(2)15-19-13)4-5-11(9)18-7-12(16)17/h4-6H,3,7H2,1-2H3,(H,16,17). The molecule has 0 atom stereocenters. The van der Waals surface area contributed by atoms with Crippen LogP contribution in [-0.2, 0) is 11.2 Å². The summed E-state index contributed by atoms with van der Waals surface area (Å²) < 4.78 is 10.3. The van der Waals surface area contributed by atoms with Crippen molar-refractivity contribution in [1.82, 2.24) is 10.1 Å². The van der Waals surface area contributed by atoms with Crippen LogP contribution in [0.1, 0.15) is 18.3 Å². The van der Waals surface area contributed by atoms with E-state index in [1.165, 1.54) is 0 Å². The molecular weight excluding hydrogens is 248 g/mol. The van der Waals surface area contributed by atoms with E-state index in [4.69, 9.17) is 14.4 Å². The molecule has 0 aliphatic carbocycles. The van der Waals surface area contributed by atoms with E-state index in [2.05, 4.69) is 10.1 Å². The number of benzene rings is 1. The molecule has 0 aliphatic rings. The van der Waals surface area contributed by atoms with Crippen LogP contribution in [0.2, 0.25) is 0 Å². The molecule has 2 rings (SSSR count). The number of aryl methyl sites for hydroxylation is 2. The van der Waals surface area contributed by atoms with Gasteiger partial charge in [-0.25, -0.2) is 4.79 Å². The third kappa shape index (κ3) is 3.09. The summed E-state index contributed by atoms with van der Waals surface area (Å²) in [5, 5.41) is 12.4. The highest BCUT2D eigenvalue weighted by molar-refractivity contribution is 5.68. The number of hydrogen-bond donors (Lipinski definition) is 1. The third-order valence-electron chi connectivity index (χ3n) is 2.57. The van der Waals surface area contributed by atoms with Gasteiger partial charge in [-0.05, 0) is 37.1 Å². The van der Waals surface area contributed by atoms with Gasteiger partial charge in [0.05, 0.1) is 0 Å². The van der Waals surface area contributed by atoms with Crippen LogP contribution < -0.4 is 4.74 Å². The van der Waals surface area contributed by atoms with E-state index in [0.717, 1.165) is 17.5 Å². The first-order chi connectivity index (χ1) is 9.10. The zero-order chi connectivity index (χ0) is 13.8. The maximum Gasteiger partial charge on any atom is 0.341 e. The van der Waals surface area contributed by atoms with E-state index in [9.17, 15) is 4.79 Å². The Bertz CT molecular complexity index is 592. The van der Waals surface area contributed by atoms with E-state index < -0.39 is 5.97 Å². The monoisotopic (exact) mass is 262 g/mol. The van der Waals surface area contributed by atoms with Crippen molar-refractivity contribution < 1.29 is 19.2 Å². The fourth-order valence-corrected chi connectivity index (χ4v) is 1.68. The molecule has 0 radical (unpaired) electrons. The molecule has 6 heteroatoms. The number of nitrogens with zero attached hydrogens (tertiary/aromatic N) is 2. The summed E-state index contributed by atoms with van der Waals surface area (Å²) in [6.45, 7) is 3.36. The normalized spacial score (nSPS) is 10.4. The average Bonchev–Trinajstić information content (AvgIpc) is 2.82. The maximum absolute atomic E-state index is 10.5. The Kier molecular flexibility index (Phi) is 3.79. The van der Waals surface area contributed by atoms with Crippen LogP contribution in [0, 0.1) is 6.92 Å². The minimum Gasteiger partial charge on any atom is -0.482 e.